The van der Waals surface area contributed by atoms with Crippen LogP contribution in [0.25, 0.3) is 0 Å². The molecule has 0 spiro atoms. The number of fused-ring (bicyclic) bond motifs is 1. The summed E-state index contributed by atoms with van der Waals surface area (Å²) in [6.07, 6.45) is 0.322. The fourth-order valence-electron chi connectivity index (χ4n) is 1.49. The largest absolute Gasteiger partial charge is 0.486 e. The Morgan fingerprint density at radius 2 is 1.77 bits per heavy atom. The van der Waals surface area contributed by atoms with Crippen LogP contribution < -0.4 is 9.47 Å². The second kappa shape index (κ2) is 2.64. The van der Waals surface area contributed by atoms with Crippen LogP contribution >= 0.6 is 0 Å². The van der Waals surface area contributed by atoms with Crippen molar-refractivity contribution in [3.63, 3.8) is 0 Å². The van der Waals surface area contributed by atoms with Crippen LogP contribution in [0.15, 0.2) is 24.3 Å². The zero-order chi connectivity index (χ0) is 8.67. The molecule has 1 aromatic carbocycles. The Bertz CT molecular complexity index is 320. The van der Waals surface area contributed by atoms with Gasteiger partial charge in [-0.15, -0.1) is 0 Å². The molecule has 2 heterocycles. The monoisotopic (exact) mass is 178 g/mol. The van der Waals surface area contributed by atoms with Gasteiger partial charge in [-0.3, -0.25) is 0 Å². The van der Waals surface area contributed by atoms with Crippen molar-refractivity contribution in [2.45, 2.75) is 12.2 Å². The average Bonchev–Trinajstić information content (AvgIpc) is 3.00. The van der Waals surface area contributed by atoms with E-state index in [0.717, 1.165) is 18.1 Å². The van der Waals surface area contributed by atoms with E-state index in [-0.39, 0.29) is 12.2 Å². The molecule has 0 N–H and O–H groups in total. The van der Waals surface area contributed by atoms with E-state index < -0.39 is 0 Å². The van der Waals surface area contributed by atoms with Crippen LogP contribution in [0, 0.1) is 0 Å². The number of benzene rings is 1. The molecule has 3 nitrogen and oxygen atoms in total. The van der Waals surface area contributed by atoms with Crippen molar-refractivity contribution in [3.05, 3.63) is 24.3 Å². The van der Waals surface area contributed by atoms with E-state index >= 15 is 0 Å². The van der Waals surface area contributed by atoms with Crippen molar-refractivity contribution in [1.82, 2.24) is 0 Å². The number of ether oxygens (including phenoxy) is 3. The second-order valence-corrected chi connectivity index (χ2v) is 3.29. The number of rotatable bonds is 1. The van der Waals surface area contributed by atoms with Gasteiger partial charge in [-0.2, -0.15) is 0 Å². The molecule has 0 bridgehead atoms. The van der Waals surface area contributed by atoms with Crippen LogP contribution in [-0.2, 0) is 4.74 Å². The molecule has 2 aliphatic heterocycles. The van der Waals surface area contributed by atoms with Gasteiger partial charge in [0.05, 0.1) is 6.61 Å². The summed E-state index contributed by atoms with van der Waals surface area (Å²) in [5.74, 6) is 1.66. The van der Waals surface area contributed by atoms with Gasteiger partial charge in [0, 0.05) is 0 Å². The van der Waals surface area contributed by atoms with Crippen molar-refractivity contribution in [2.75, 3.05) is 13.2 Å². The first-order valence-corrected chi connectivity index (χ1v) is 4.43. The number of hydrogen-bond donors (Lipinski definition) is 0. The molecule has 3 rings (SSSR count). The Labute approximate surface area is 76.2 Å². The molecule has 68 valence electrons. The van der Waals surface area contributed by atoms with Crippen LogP contribution in [-0.4, -0.2) is 25.4 Å². The third-order valence-corrected chi connectivity index (χ3v) is 2.30. The Morgan fingerprint density at radius 1 is 1.00 bits per heavy atom. The lowest BCUT2D eigenvalue weighted by molar-refractivity contribution is 0.0690. The molecule has 0 saturated carbocycles. The molecule has 3 heteroatoms. The second-order valence-electron chi connectivity index (χ2n) is 3.29. The van der Waals surface area contributed by atoms with Gasteiger partial charge >= 0.3 is 0 Å². The fraction of sp³-hybridized carbons (Fsp3) is 0.400. The Hall–Kier alpha value is -1.22. The molecule has 2 aliphatic rings. The first-order valence-electron chi connectivity index (χ1n) is 4.43. The molecule has 0 unspecified atom stereocenters. The maximum Gasteiger partial charge on any atom is 0.161 e. The van der Waals surface area contributed by atoms with E-state index in [1.165, 1.54) is 0 Å². The molecular weight excluding hydrogens is 168 g/mol. The van der Waals surface area contributed by atoms with E-state index in [2.05, 4.69) is 0 Å². The Kier molecular flexibility index (Phi) is 1.46. The summed E-state index contributed by atoms with van der Waals surface area (Å²) in [6, 6.07) is 7.72. The maximum atomic E-state index is 5.71. The van der Waals surface area contributed by atoms with Gasteiger partial charge in [0.1, 0.15) is 12.7 Å². The molecule has 13 heavy (non-hydrogen) atoms. The highest BCUT2D eigenvalue weighted by molar-refractivity contribution is 5.40. The van der Waals surface area contributed by atoms with E-state index in [1.807, 2.05) is 24.3 Å². The van der Waals surface area contributed by atoms with Crippen LogP contribution in [0.3, 0.4) is 0 Å². The van der Waals surface area contributed by atoms with Crippen LogP contribution in [0.1, 0.15) is 0 Å². The standard InChI is InChI=1S/C10H10O3/c1-2-4-8-7(3-1)11-6-10(13-8)9-5-12-9/h1-4,9-10H,5-6H2/t9-,10-/m1/s1. The molecule has 0 aliphatic carbocycles. The fourth-order valence-corrected chi connectivity index (χ4v) is 1.49. The van der Waals surface area contributed by atoms with Gasteiger partial charge in [-0.25, -0.2) is 0 Å². The lowest BCUT2D eigenvalue weighted by Gasteiger charge is -2.25. The summed E-state index contributed by atoms with van der Waals surface area (Å²) < 4.78 is 16.4. The van der Waals surface area contributed by atoms with Crippen LogP contribution in [0.2, 0.25) is 0 Å². The van der Waals surface area contributed by atoms with Crippen molar-refractivity contribution < 1.29 is 14.2 Å². The van der Waals surface area contributed by atoms with E-state index in [1.54, 1.807) is 0 Å². The highest BCUT2D eigenvalue weighted by Gasteiger charge is 2.37. The SMILES string of the molecule is c1ccc2c(c1)OC[C@H]([C@H]1CO1)O2. The van der Waals surface area contributed by atoms with E-state index in [9.17, 15) is 0 Å². The quantitative estimate of drug-likeness (QED) is 0.606. The summed E-state index contributed by atoms with van der Waals surface area (Å²) in [6.45, 7) is 1.40. The topological polar surface area (TPSA) is 31.0 Å². The van der Waals surface area contributed by atoms with Crippen molar-refractivity contribution in [2.24, 2.45) is 0 Å². The first-order chi connectivity index (χ1) is 6.43. The molecule has 1 saturated heterocycles. The van der Waals surface area contributed by atoms with Gasteiger partial charge in [0.15, 0.2) is 17.6 Å². The van der Waals surface area contributed by atoms with E-state index in [4.69, 9.17) is 14.2 Å². The zero-order valence-corrected chi connectivity index (χ0v) is 7.10. The molecule has 2 atom stereocenters. The molecule has 0 radical (unpaired) electrons. The van der Waals surface area contributed by atoms with Gasteiger partial charge in [-0.1, -0.05) is 12.1 Å². The number of epoxide rings is 1. The number of para-hydroxylation sites is 2. The van der Waals surface area contributed by atoms with Gasteiger partial charge in [0.2, 0.25) is 0 Å². The smallest absolute Gasteiger partial charge is 0.161 e. The predicted octanol–water partition coefficient (Wildman–Crippen LogP) is 1.23. The lowest BCUT2D eigenvalue weighted by Crippen LogP contribution is -2.33. The van der Waals surface area contributed by atoms with Crippen LogP contribution in [0.5, 0.6) is 11.5 Å². The predicted molar refractivity (Wildman–Crippen MR) is 46.1 cm³/mol. The van der Waals surface area contributed by atoms with Crippen molar-refractivity contribution in [1.29, 1.82) is 0 Å². The summed E-state index contributed by atoms with van der Waals surface area (Å²) in [5, 5.41) is 0. The third kappa shape index (κ3) is 1.25. The lowest BCUT2D eigenvalue weighted by atomic mass is 10.2. The highest BCUT2D eigenvalue weighted by atomic mass is 16.6. The minimum Gasteiger partial charge on any atom is -0.486 e. The first kappa shape index (κ1) is 7.21. The number of hydrogen-bond acceptors (Lipinski definition) is 3. The summed E-state index contributed by atoms with van der Waals surface area (Å²) >= 11 is 0. The van der Waals surface area contributed by atoms with Crippen LogP contribution in [0.4, 0.5) is 0 Å². The minimum atomic E-state index is 0.0786. The third-order valence-electron chi connectivity index (χ3n) is 2.30. The molecule has 1 aromatic rings. The van der Waals surface area contributed by atoms with E-state index in [0.29, 0.717) is 6.61 Å². The summed E-state index contributed by atoms with van der Waals surface area (Å²) in [4.78, 5) is 0. The summed E-state index contributed by atoms with van der Waals surface area (Å²) in [5.41, 5.74) is 0. The van der Waals surface area contributed by atoms with Gasteiger partial charge < -0.3 is 14.2 Å². The molecule has 0 amide bonds. The van der Waals surface area contributed by atoms with Gasteiger partial charge in [-0.05, 0) is 12.1 Å². The average molecular weight is 178 g/mol. The van der Waals surface area contributed by atoms with Gasteiger partial charge in [0.25, 0.3) is 0 Å². The highest BCUT2D eigenvalue weighted by Crippen LogP contribution is 2.33. The molecule has 0 aromatic heterocycles. The minimum absolute atomic E-state index is 0.0786. The molecular formula is C10H10O3. The molecule has 1 fully saturated rings. The van der Waals surface area contributed by atoms with Crippen molar-refractivity contribution >= 4 is 0 Å². The normalized spacial score (nSPS) is 29.8. The Balaban J connectivity index is 1.85. The zero-order valence-electron chi connectivity index (χ0n) is 7.10. The Morgan fingerprint density at radius 3 is 2.54 bits per heavy atom. The summed E-state index contributed by atoms with van der Waals surface area (Å²) in [7, 11) is 0. The van der Waals surface area contributed by atoms with Crippen molar-refractivity contribution in [3.8, 4) is 11.5 Å². The maximum absolute atomic E-state index is 5.71.